The quantitative estimate of drug-likeness (QED) is 0.213. The molecule has 0 saturated heterocycles. The second-order valence-corrected chi connectivity index (χ2v) is 12.5. The lowest BCUT2D eigenvalue weighted by Crippen LogP contribution is -2.13. The van der Waals surface area contributed by atoms with E-state index < -0.39 is 0 Å². The fourth-order valence-corrected chi connectivity index (χ4v) is 6.94. The van der Waals surface area contributed by atoms with Crippen LogP contribution >= 0.6 is 0 Å². The Balaban J connectivity index is 1.58. The molecule has 0 radical (unpaired) electrons. The summed E-state index contributed by atoms with van der Waals surface area (Å²) in [5, 5.41) is 4.93. The fraction of sp³-hybridized carbons (Fsp3) is 0.125. The third kappa shape index (κ3) is 3.85. The van der Waals surface area contributed by atoms with Crippen molar-refractivity contribution in [3.05, 3.63) is 139 Å². The van der Waals surface area contributed by atoms with Gasteiger partial charge in [0.15, 0.2) is 0 Å². The minimum atomic E-state index is -0.136. The highest BCUT2D eigenvalue weighted by Crippen LogP contribution is 2.45. The number of aromatic nitrogens is 3. The van der Waals surface area contributed by atoms with E-state index in [9.17, 15) is 0 Å². The van der Waals surface area contributed by atoms with Crippen LogP contribution in [0, 0.1) is 6.92 Å². The molecular formula is C40H33N3. The Hall–Kier alpha value is -5.15. The van der Waals surface area contributed by atoms with Gasteiger partial charge in [-0.15, -0.1) is 0 Å². The van der Waals surface area contributed by atoms with E-state index in [1.54, 1.807) is 0 Å². The largest absolute Gasteiger partial charge is 0.294 e. The normalized spacial score (nSPS) is 12.2. The van der Waals surface area contributed by atoms with Gasteiger partial charge in [0.05, 0.1) is 11.0 Å². The summed E-state index contributed by atoms with van der Waals surface area (Å²) in [6.07, 6.45) is 0. The van der Waals surface area contributed by atoms with Gasteiger partial charge < -0.3 is 0 Å². The summed E-state index contributed by atoms with van der Waals surface area (Å²) < 4.78 is 4.71. The van der Waals surface area contributed by atoms with Gasteiger partial charge in [-0.25, -0.2) is 4.98 Å². The average Bonchev–Trinajstić information content (AvgIpc) is 3.52. The molecule has 0 saturated carbocycles. The number of rotatable bonds is 3. The summed E-state index contributed by atoms with van der Waals surface area (Å²) in [7, 11) is 0. The van der Waals surface area contributed by atoms with Gasteiger partial charge in [-0.3, -0.25) is 9.13 Å². The Bertz CT molecular complexity index is 2330. The number of nitrogens with zero attached hydrogens (tertiary/aromatic N) is 3. The first-order valence-corrected chi connectivity index (χ1v) is 15.0. The van der Waals surface area contributed by atoms with Crippen LogP contribution in [0.4, 0.5) is 0 Å². The van der Waals surface area contributed by atoms with Crippen LogP contribution in [0.2, 0.25) is 0 Å². The van der Waals surface area contributed by atoms with Crippen molar-refractivity contribution in [3.8, 4) is 22.5 Å². The van der Waals surface area contributed by atoms with Crippen molar-refractivity contribution in [1.82, 2.24) is 14.1 Å². The number of hydrogen-bond donors (Lipinski definition) is 0. The molecular weight excluding hydrogens is 522 g/mol. The van der Waals surface area contributed by atoms with Crippen molar-refractivity contribution < 1.29 is 0 Å². The van der Waals surface area contributed by atoms with Crippen LogP contribution in [-0.2, 0) is 5.41 Å². The van der Waals surface area contributed by atoms with Crippen LogP contribution in [0.25, 0.3) is 66.4 Å². The van der Waals surface area contributed by atoms with Gasteiger partial charge >= 0.3 is 0 Å². The maximum atomic E-state index is 5.62. The standard InChI is InChI=1S/C40H33N3/c1-26-15-8-9-20-30(26)27-16-14-19-29(25-27)43-34-24-13-11-22-32(34)36-37(40(2,3)4)35-31-21-10-12-23-33(31)42(38(35)41-39(36)43)28-17-6-5-7-18-28/h5-25H,1-4H3. The second-order valence-electron chi connectivity index (χ2n) is 12.5. The Labute approximate surface area is 251 Å². The van der Waals surface area contributed by atoms with Crippen molar-refractivity contribution in [2.24, 2.45) is 0 Å². The molecule has 3 nitrogen and oxygen atoms in total. The molecule has 0 spiro atoms. The van der Waals surface area contributed by atoms with Crippen LogP contribution < -0.4 is 0 Å². The zero-order chi connectivity index (χ0) is 29.3. The maximum absolute atomic E-state index is 5.62. The van der Waals surface area contributed by atoms with Crippen molar-refractivity contribution in [2.75, 3.05) is 0 Å². The van der Waals surface area contributed by atoms with Gasteiger partial charge in [0, 0.05) is 32.9 Å². The minimum absolute atomic E-state index is 0.136. The van der Waals surface area contributed by atoms with E-state index >= 15 is 0 Å². The van der Waals surface area contributed by atoms with E-state index in [1.807, 2.05) is 0 Å². The molecule has 0 amide bonds. The Morgan fingerprint density at radius 3 is 1.70 bits per heavy atom. The highest BCUT2D eigenvalue weighted by molar-refractivity contribution is 6.20. The maximum Gasteiger partial charge on any atom is 0.148 e. The summed E-state index contributed by atoms with van der Waals surface area (Å²) >= 11 is 0. The van der Waals surface area contributed by atoms with Crippen LogP contribution in [0.1, 0.15) is 31.9 Å². The first-order chi connectivity index (χ1) is 20.9. The molecule has 3 aromatic heterocycles. The summed E-state index contributed by atoms with van der Waals surface area (Å²) in [5.74, 6) is 0. The predicted octanol–water partition coefficient (Wildman–Crippen LogP) is 10.5. The van der Waals surface area contributed by atoms with Crippen molar-refractivity contribution in [3.63, 3.8) is 0 Å². The molecule has 0 unspecified atom stereocenters. The molecule has 208 valence electrons. The monoisotopic (exact) mass is 555 g/mol. The predicted molar refractivity (Wildman–Crippen MR) is 182 cm³/mol. The first kappa shape index (κ1) is 25.6. The lowest BCUT2D eigenvalue weighted by atomic mass is 9.82. The highest BCUT2D eigenvalue weighted by Gasteiger charge is 2.29. The zero-order valence-corrected chi connectivity index (χ0v) is 25.0. The number of pyridine rings is 1. The van der Waals surface area contributed by atoms with E-state index in [4.69, 9.17) is 4.98 Å². The van der Waals surface area contributed by atoms with E-state index in [2.05, 4.69) is 164 Å². The van der Waals surface area contributed by atoms with Gasteiger partial charge in [0.1, 0.15) is 11.3 Å². The lowest BCUT2D eigenvalue weighted by Gasteiger charge is -2.22. The Morgan fingerprint density at radius 2 is 1.07 bits per heavy atom. The third-order valence-electron chi connectivity index (χ3n) is 8.74. The Kier molecular flexibility index (Phi) is 5.61. The van der Waals surface area contributed by atoms with E-state index in [-0.39, 0.29) is 5.41 Å². The van der Waals surface area contributed by atoms with E-state index in [0.29, 0.717) is 0 Å². The van der Waals surface area contributed by atoms with Gasteiger partial charge in [0.2, 0.25) is 0 Å². The number of fused-ring (bicyclic) bond motifs is 6. The second kappa shape index (κ2) is 9.43. The Morgan fingerprint density at radius 1 is 0.535 bits per heavy atom. The average molecular weight is 556 g/mol. The SMILES string of the molecule is Cc1ccccc1-c1cccc(-n2c3ccccc3c3c(C(C)(C)C)c4c5ccccc5n(-c5ccccc5)c4nc32)c1. The molecule has 5 aromatic carbocycles. The molecule has 43 heavy (non-hydrogen) atoms. The van der Waals surface area contributed by atoms with Crippen LogP contribution in [0.15, 0.2) is 127 Å². The van der Waals surface area contributed by atoms with Gasteiger partial charge in [-0.05, 0) is 71.0 Å². The third-order valence-corrected chi connectivity index (χ3v) is 8.74. The number of para-hydroxylation sites is 3. The molecule has 0 atom stereocenters. The zero-order valence-electron chi connectivity index (χ0n) is 25.0. The molecule has 8 rings (SSSR count). The highest BCUT2D eigenvalue weighted by atomic mass is 15.1. The molecule has 0 N–H and O–H groups in total. The summed E-state index contributed by atoms with van der Waals surface area (Å²) in [6.45, 7) is 9.18. The van der Waals surface area contributed by atoms with E-state index in [0.717, 1.165) is 22.7 Å². The summed E-state index contributed by atoms with van der Waals surface area (Å²) in [5.41, 5.74) is 11.5. The molecule has 3 heterocycles. The smallest absolute Gasteiger partial charge is 0.148 e. The molecule has 3 heteroatoms. The molecule has 0 bridgehead atoms. The molecule has 0 aliphatic carbocycles. The first-order valence-electron chi connectivity index (χ1n) is 15.0. The van der Waals surface area contributed by atoms with Crippen LogP contribution in [0.3, 0.4) is 0 Å². The van der Waals surface area contributed by atoms with Gasteiger partial charge in [0.25, 0.3) is 0 Å². The fourth-order valence-electron chi connectivity index (χ4n) is 6.94. The van der Waals surface area contributed by atoms with Gasteiger partial charge in [-0.2, -0.15) is 0 Å². The van der Waals surface area contributed by atoms with Crippen molar-refractivity contribution in [2.45, 2.75) is 33.1 Å². The minimum Gasteiger partial charge on any atom is -0.294 e. The number of hydrogen-bond acceptors (Lipinski definition) is 1. The molecule has 0 aliphatic heterocycles. The number of aryl methyl sites for hydroxylation is 1. The van der Waals surface area contributed by atoms with Crippen LogP contribution in [-0.4, -0.2) is 14.1 Å². The molecule has 0 aliphatic rings. The van der Waals surface area contributed by atoms with Gasteiger partial charge in [-0.1, -0.05) is 112 Å². The van der Waals surface area contributed by atoms with Crippen molar-refractivity contribution >= 4 is 43.9 Å². The molecule has 0 fully saturated rings. The van der Waals surface area contributed by atoms with E-state index in [1.165, 1.54) is 54.8 Å². The topological polar surface area (TPSA) is 22.8 Å². The van der Waals surface area contributed by atoms with Crippen LogP contribution in [0.5, 0.6) is 0 Å². The summed E-state index contributed by atoms with van der Waals surface area (Å²) in [6, 6.07) is 45.7. The lowest BCUT2D eigenvalue weighted by molar-refractivity contribution is 0.601. The summed E-state index contributed by atoms with van der Waals surface area (Å²) in [4.78, 5) is 5.62. The van der Waals surface area contributed by atoms with Crippen molar-refractivity contribution in [1.29, 1.82) is 0 Å². The molecule has 8 aromatic rings. The number of benzene rings is 5.